The Balaban J connectivity index is 1.50. The first-order valence-electron chi connectivity index (χ1n) is 11.4. The van der Waals surface area contributed by atoms with Gasteiger partial charge in [-0.3, -0.25) is 4.79 Å². The Labute approximate surface area is 209 Å². The number of nitrogens with one attached hydrogen (secondary N) is 1. The van der Waals surface area contributed by atoms with Crippen molar-refractivity contribution in [2.75, 3.05) is 34.4 Å². The Kier molecular flexibility index (Phi) is 7.75. The van der Waals surface area contributed by atoms with Gasteiger partial charge in [0.2, 0.25) is 21.7 Å². The van der Waals surface area contributed by atoms with Crippen LogP contribution >= 0.6 is 0 Å². The molecule has 0 radical (unpaired) electrons. The fourth-order valence-corrected chi connectivity index (χ4v) is 4.95. The summed E-state index contributed by atoms with van der Waals surface area (Å²) in [6.45, 7) is 1.04. The number of carbonyl (C=O) groups is 1. The van der Waals surface area contributed by atoms with Gasteiger partial charge in [0.25, 0.3) is 5.91 Å². The van der Waals surface area contributed by atoms with Gasteiger partial charge in [-0.25, -0.2) is 13.1 Å². The molecule has 2 heterocycles. The average Bonchev–Trinajstić information content (AvgIpc) is 3.40. The van der Waals surface area contributed by atoms with E-state index in [-0.39, 0.29) is 34.6 Å². The molecule has 0 spiro atoms. The third-order valence-electron chi connectivity index (χ3n) is 5.88. The number of methoxy groups -OCH3 is 3. The highest BCUT2D eigenvalue weighted by Crippen LogP contribution is 2.31. The van der Waals surface area contributed by atoms with Gasteiger partial charge in [-0.1, -0.05) is 5.16 Å². The van der Waals surface area contributed by atoms with Crippen LogP contribution in [0.4, 0.5) is 0 Å². The van der Waals surface area contributed by atoms with E-state index in [0.717, 1.165) is 19.3 Å². The van der Waals surface area contributed by atoms with Gasteiger partial charge in [-0.15, -0.1) is 0 Å². The Morgan fingerprint density at radius 2 is 1.67 bits per heavy atom. The molecule has 0 bridgehead atoms. The van der Waals surface area contributed by atoms with E-state index in [0.29, 0.717) is 35.9 Å². The highest BCUT2D eigenvalue weighted by Gasteiger charge is 2.25. The van der Waals surface area contributed by atoms with Crippen LogP contribution in [0.25, 0.3) is 11.4 Å². The largest absolute Gasteiger partial charge is 0.496 e. The van der Waals surface area contributed by atoms with Crippen molar-refractivity contribution < 1.29 is 31.9 Å². The second-order valence-corrected chi connectivity index (χ2v) is 9.89. The molecule has 0 saturated carbocycles. The Hall–Kier alpha value is -3.64. The van der Waals surface area contributed by atoms with Crippen LogP contribution in [0, 0.1) is 0 Å². The van der Waals surface area contributed by atoms with Gasteiger partial charge >= 0.3 is 0 Å². The van der Waals surface area contributed by atoms with Gasteiger partial charge in [-0.2, -0.15) is 4.98 Å². The van der Waals surface area contributed by atoms with Crippen LogP contribution in [-0.2, 0) is 16.6 Å². The number of aromatic nitrogens is 2. The van der Waals surface area contributed by atoms with E-state index >= 15 is 0 Å². The zero-order chi connectivity index (χ0) is 25.7. The summed E-state index contributed by atoms with van der Waals surface area (Å²) < 4.78 is 49.5. The second kappa shape index (κ2) is 11.0. The van der Waals surface area contributed by atoms with Crippen molar-refractivity contribution in [2.24, 2.45) is 0 Å². The van der Waals surface area contributed by atoms with E-state index in [1.165, 1.54) is 39.5 Å². The molecule has 36 heavy (non-hydrogen) atoms. The molecule has 0 atom stereocenters. The molecular formula is C24H28N4O7S. The summed E-state index contributed by atoms with van der Waals surface area (Å²) in [6, 6.07) is 9.33. The number of benzene rings is 2. The number of rotatable bonds is 9. The van der Waals surface area contributed by atoms with Crippen molar-refractivity contribution in [3.05, 3.63) is 47.9 Å². The van der Waals surface area contributed by atoms with Crippen LogP contribution < -0.4 is 18.9 Å². The van der Waals surface area contributed by atoms with Crippen molar-refractivity contribution in [2.45, 2.75) is 30.7 Å². The van der Waals surface area contributed by atoms with E-state index in [9.17, 15) is 13.2 Å². The monoisotopic (exact) mass is 516 g/mol. The topological polar surface area (TPSA) is 133 Å². The first kappa shape index (κ1) is 25.5. The fraction of sp³-hybridized carbons (Fsp3) is 0.375. The molecule has 0 unspecified atom stereocenters. The molecule has 0 aliphatic carbocycles. The maximum absolute atomic E-state index is 13.0. The van der Waals surface area contributed by atoms with E-state index < -0.39 is 10.0 Å². The molecule has 1 N–H and O–H groups in total. The summed E-state index contributed by atoms with van der Waals surface area (Å²) in [5.74, 6) is 1.46. The van der Waals surface area contributed by atoms with Gasteiger partial charge in [-0.05, 0) is 55.7 Å². The van der Waals surface area contributed by atoms with E-state index in [4.69, 9.17) is 18.7 Å². The van der Waals surface area contributed by atoms with Crippen molar-refractivity contribution in [1.29, 1.82) is 0 Å². The number of piperidine rings is 1. The van der Waals surface area contributed by atoms with Crippen molar-refractivity contribution in [3.63, 3.8) is 0 Å². The van der Waals surface area contributed by atoms with E-state index in [1.54, 1.807) is 23.1 Å². The Morgan fingerprint density at radius 3 is 2.36 bits per heavy atom. The lowest BCUT2D eigenvalue weighted by atomic mass is 10.1. The summed E-state index contributed by atoms with van der Waals surface area (Å²) in [5, 5.41) is 3.92. The number of hydrogen-bond acceptors (Lipinski definition) is 9. The minimum atomic E-state index is -3.99. The maximum atomic E-state index is 13.0. The Morgan fingerprint density at radius 1 is 0.972 bits per heavy atom. The summed E-state index contributed by atoms with van der Waals surface area (Å²) in [5.41, 5.74) is 0.817. The van der Waals surface area contributed by atoms with E-state index in [1.807, 2.05) is 0 Å². The lowest BCUT2D eigenvalue weighted by Crippen LogP contribution is -2.36. The van der Waals surface area contributed by atoms with Crippen LogP contribution in [0.5, 0.6) is 17.2 Å². The highest BCUT2D eigenvalue weighted by molar-refractivity contribution is 7.89. The first-order valence-corrected chi connectivity index (χ1v) is 12.9. The zero-order valence-electron chi connectivity index (χ0n) is 20.3. The summed E-state index contributed by atoms with van der Waals surface area (Å²) in [6.07, 6.45) is 2.91. The van der Waals surface area contributed by atoms with Crippen molar-refractivity contribution in [3.8, 4) is 28.6 Å². The summed E-state index contributed by atoms with van der Waals surface area (Å²) in [4.78, 5) is 19.0. The molecule has 2 aromatic carbocycles. The lowest BCUT2D eigenvalue weighted by Gasteiger charge is -2.27. The molecule has 1 fully saturated rings. The third-order valence-corrected chi connectivity index (χ3v) is 7.28. The number of hydrogen-bond donors (Lipinski definition) is 1. The van der Waals surface area contributed by atoms with Crippen molar-refractivity contribution >= 4 is 15.9 Å². The van der Waals surface area contributed by atoms with Gasteiger partial charge in [0.05, 0.1) is 38.3 Å². The van der Waals surface area contributed by atoms with Gasteiger partial charge in [0, 0.05) is 18.7 Å². The van der Waals surface area contributed by atoms with Gasteiger partial charge in [0.15, 0.2) is 11.5 Å². The average molecular weight is 517 g/mol. The smallest absolute Gasteiger partial charge is 0.257 e. The fourth-order valence-electron chi connectivity index (χ4n) is 3.95. The molecule has 3 aromatic rings. The molecule has 192 valence electrons. The standard InChI is InChI=1S/C24H28N4O7S/c1-32-19-10-8-17(14-18(19)24(29)28-11-5-4-6-12-28)36(30,31)25-15-22-26-23(27-35-22)16-7-9-20(33-2)21(13-16)34-3/h7-10,13-14,25H,4-6,11-12,15H2,1-3H3. The molecule has 1 aliphatic heterocycles. The summed E-state index contributed by atoms with van der Waals surface area (Å²) in [7, 11) is 0.509. The highest BCUT2D eigenvalue weighted by atomic mass is 32.2. The third kappa shape index (κ3) is 5.44. The molecule has 4 rings (SSSR count). The molecular weight excluding hydrogens is 488 g/mol. The predicted molar refractivity (Wildman–Crippen MR) is 130 cm³/mol. The zero-order valence-corrected chi connectivity index (χ0v) is 21.1. The number of likely N-dealkylation sites (tertiary alicyclic amines) is 1. The molecule has 11 nitrogen and oxygen atoms in total. The number of amides is 1. The van der Waals surface area contributed by atoms with Gasteiger partial charge in [0.1, 0.15) is 5.75 Å². The minimum absolute atomic E-state index is 0.0664. The number of sulfonamides is 1. The predicted octanol–water partition coefficient (Wildman–Crippen LogP) is 2.87. The van der Waals surface area contributed by atoms with Crippen LogP contribution in [-0.4, -0.2) is 63.8 Å². The van der Waals surface area contributed by atoms with E-state index in [2.05, 4.69) is 14.9 Å². The van der Waals surface area contributed by atoms with Gasteiger partial charge < -0.3 is 23.6 Å². The quantitative estimate of drug-likeness (QED) is 0.456. The maximum Gasteiger partial charge on any atom is 0.257 e. The SMILES string of the molecule is COc1ccc(-c2noc(CNS(=O)(=O)c3ccc(OC)c(C(=O)N4CCCCC4)c3)n2)cc1OC. The molecule has 1 aromatic heterocycles. The number of nitrogens with zero attached hydrogens (tertiary/aromatic N) is 3. The first-order chi connectivity index (χ1) is 17.4. The normalized spacial score (nSPS) is 13.9. The van der Waals surface area contributed by atoms with Crippen LogP contribution in [0.1, 0.15) is 35.5 Å². The lowest BCUT2D eigenvalue weighted by molar-refractivity contribution is 0.0720. The number of ether oxygens (including phenoxy) is 3. The summed E-state index contributed by atoms with van der Waals surface area (Å²) >= 11 is 0. The minimum Gasteiger partial charge on any atom is -0.496 e. The van der Waals surface area contributed by atoms with Crippen molar-refractivity contribution in [1.82, 2.24) is 19.8 Å². The van der Waals surface area contributed by atoms with Crippen LogP contribution in [0.3, 0.4) is 0 Å². The Bertz CT molecular complexity index is 1330. The molecule has 1 amide bonds. The number of carbonyl (C=O) groups excluding carboxylic acids is 1. The van der Waals surface area contributed by atoms with Crippen LogP contribution in [0.2, 0.25) is 0 Å². The second-order valence-electron chi connectivity index (χ2n) is 8.12. The molecule has 12 heteroatoms. The molecule has 1 aliphatic rings. The van der Waals surface area contributed by atoms with Crippen LogP contribution in [0.15, 0.2) is 45.8 Å². The molecule has 1 saturated heterocycles.